The molecular weight excluding hydrogens is 296 g/mol. The van der Waals surface area contributed by atoms with Crippen LogP contribution in [0.4, 0.5) is 5.69 Å². The molecule has 0 fully saturated rings. The van der Waals surface area contributed by atoms with E-state index >= 15 is 0 Å². The summed E-state index contributed by atoms with van der Waals surface area (Å²) in [6.07, 6.45) is 0. The maximum absolute atomic E-state index is 11.1. The summed E-state index contributed by atoms with van der Waals surface area (Å²) in [5.41, 5.74) is 1.85. The van der Waals surface area contributed by atoms with Crippen LogP contribution in [-0.2, 0) is 0 Å². The fraction of sp³-hybridized carbons (Fsp3) is 0. The molecule has 2 heterocycles. The number of nitro groups is 1. The molecule has 0 aliphatic rings. The van der Waals surface area contributed by atoms with E-state index in [0.29, 0.717) is 11.3 Å². The van der Waals surface area contributed by atoms with E-state index in [-0.39, 0.29) is 17.5 Å². The van der Waals surface area contributed by atoms with Crippen LogP contribution in [0.2, 0.25) is 0 Å². The Morgan fingerprint density at radius 2 is 1.74 bits per heavy atom. The Balaban J connectivity index is 1.79. The molecule has 7 heteroatoms. The number of rotatable bonds is 3. The minimum atomic E-state index is -0.470. The van der Waals surface area contributed by atoms with Crippen molar-refractivity contribution in [2.45, 2.75) is 0 Å². The number of aromatic amines is 1. The quantitative estimate of drug-likeness (QED) is 0.458. The highest BCUT2D eigenvalue weighted by Crippen LogP contribution is 2.31. The molecule has 4 aromatic rings. The highest BCUT2D eigenvalue weighted by Gasteiger charge is 2.20. The van der Waals surface area contributed by atoms with Crippen LogP contribution in [0, 0.1) is 10.1 Å². The summed E-state index contributed by atoms with van der Waals surface area (Å²) in [6.45, 7) is 0. The topological polar surface area (TPSA) is 97.9 Å². The number of nitro benzene ring substituents is 1. The maximum Gasteiger partial charge on any atom is 0.282 e. The number of nitrogens with zero attached hydrogens (tertiary/aromatic N) is 3. The molecule has 0 aliphatic heterocycles. The lowest BCUT2D eigenvalue weighted by molar-refractivity contribution is -0.384. The molecule has 7 nitrogen and oxygen atoms in total. The van der Waals surface area contributed by atoms with Crippen molar-refractivity contribution in [1.82, 2.24) is 15.2 Å². The van der Waals surface area contributed by atoms with E-state index in [4.69, 9.17) is 4.42 Å². The molecule has 0 bridgehead atoms. The normalized spacial score (nSPS) is 11.0. The minimum Gasteiger partial charge on any atom is -0.414 e. The van der Waals surface area contributed by atoms with E-state index < -0.39 is 4.92 Å². The van der Waals surface area contributed by atoms with E-state index in [9.17, 15) is 10.1 Å². The van der Waals surface area contributed by atoms with Gasteiger partial charge >= 0.3 is 0 Å². The van der Waals surface area contributed by atoms with Gasteiger partial charge in [-0.15, -0.1) is 10.2 Å². The average molecular weight is 306 g/mol. The Labute approximate surface area is 129 Å². The van der Waals surface area contributed by atoms with E-state index in [1.165, 1.54) is 6.07 Å². The van der Waals surface area contributed by atoms with Gasteiger partial charge in [-0.2, -0.15) is 0 Å². The fourth-order valence-corrected chi connectivity index (χ4v) is 2.44. The minimum absolute atomic E-state index is 0.0700. The van der Waals surface area contributed by atoms with Gasteiger partial charge in [0.05, 0.1) is 4.92 Å². The van der Waals surface area contributed by atoms with Gasteiger partial charge in [0.25, 0.3) is 17.5 Å². The average Bonchev–Trinajstić information content (AvgIpc) is 3.21. The lowest BCUT2D eigenvalue weighted by Crippen LogP contribution is -1.91. The molecule has 1 N–H and O–H groups in total. The van der Waals surface area contributed by atoms with Crippen LogP contribution < -0.4 is 0 Å². The first-order valence-electron chi connectivity index (χ1n) is 6.88. The third kappa shape index (κ3) is 2.24. The summed E-state index contributed by atoms with van der Waals surface area (Å²) in [7, 11) is 0. The molecule has 0 saturated heterocycles. The van der Waals surface area contributed by atoms with Crippen molar-refractivity contribution in [2.24, 2.45) is 0 Å². The molecule has 2 aromatic heterocycles. The summed E-state index contributed by atoms with van der Waals surface area (Å²) < 4.78 is 5.62. The molecular formula is C16H10N4O3. The Kier molecular flexibility index (Phi) is 2.90. The summed E-state index contributed by atoms with van der Waals surface area (Å²) in [4.78, 5) is 13.8. The molecule has 0 unspecified atom stereocenters. The first-order valence-corrected chi connectivity index (χ1v) is 6.88. The van der Waals surface area contributed by atoms with Gasteiger partial charge in [-0.1, -0.05) is 30.3 Å². The third-order valence-electron chi connectivity index (χ3n) is 3.52. The molecule has 0 atom stereocenters. The van der Waals surface area contributed by atoms with E-state index in [0.717, 1.165) is 10.9 Å². The zero-order chi connectivity index (χ0) is 15.8. The predicted molar refractivity (Wildman–Crippen MR) is 83.7 cm³/mol. The molecule has 0 spiro atoms. The van der Waals surface area contributed by atoms with Crippen molar-refractivity contribution in [3.05, 3.63) is 64.7 Å². The molecule has 0 amide bonds. The number of hydrogen-bond donors (Lipinski definition) is 1. The molecule has 0 aliphatic carbocycles. The fourth-order valence-electron chi connectivity index (χ4n) is 2.44. The summed E-state index contributed by atoms with van der Waals surface area (Å²) in [5, 5.41) is 20.0. The van der Waals surface area contributed by atoms with Crippen molar-refractivity contribution < 1.29 is 9.34 Å². The number of para-hydroxylation sites is 2. The Hall–Kier alpha value is -3.48. The van der Waals surface area contributed by atoms with Crippen molar-refractivity contribution in [3.8, 4) is 23.0 Å². The summed E-state index contributed by atoms with van der Waals surface area (Å²) >= 11 is 0. The Morgan fingerprint density at radius 1 is 1.00 bits per heavy atom. The van der Waals surface area contributed by atoms with Gasteiger partial charge in [0.15, 0.2) is 0 Å². The Morgan fingerprint density at radius 3 is 2.57 bits per heavy atom. The number of hydrogen-bond acceptors (Lipinski definition) is 5. The van der Waals surface area contributed by atoms with Crippen LogP contribution in [-0.4, -0.2) is 20.1 Å². The second kappa shape index (κ2) is 5.06. The van der Waals surface area contributed by atoms with E-state index in [1.54, 1.807) is 18.2 Å². The lowest BCUT2D eigenvalue weighted by atomic mass is 10.2. The van der Waals surface area contributed by atoms with Gasteiger partial charge in [-0.3, -0.25) is 10.1 Å². The third-order valence-corrected chi connectivity index (χ3v) is 3.52. The zero-order valence-corrected chi connectivity index (χ0v) is 11.8. The van der Waals surface area contributed by atoms with Gasteiger partial charge < -0.3 is 9.40 Å². The second-order valence-corrected chi connectivity index (χ2v) is 4.96. The molecule has 112 valence electrons. The predicted octanol–water partition coefficient (Wildman–Crippen LogP) is 3.79. The maximum atomic E-state index is 11.1. The first kappa shape index (κ1) is 13.2. The summed E-state index contributed by atoms with van der Waals surface area (Å²) in [5.74, 6) is 0.403. The van der Waals surface area contributed by atoms with Crippen LogP contribution in [0.5, 0.6) is 0 Å². The number of benzene rings is 2. The molecule has 4 rings (SSSR count). The van der Waals surface area contributed by atoms with E-state index in [1.807, 2.05) is 30.3 Å². The zero-order valence-electron chi connectivity index (χ0n) is 11.8. The van der Waals surface area contributed by atoms with Crippen LogP contribution in [0.25, 0.3) is 33.9 Å². The lowest BCUT2D eigenvalue weighted by Gasteiger charge is -1.96. The van der Waals surface area contributed by atoms with Gasteiger partial charge in [0, 0.05) is 17.0 Å². The monoisotopic (exact) mass is 306 g/mol. The van der Waals surface area contributed by atoms with Crippen molar-refractivity contribution in [1.29, 1.82) is 0 Å². The Bertz CT molecular complexity index is 986. The molecule has 0 radical (unpaired) electrons. The van der Waals surface area contributed by atoms with E-state index in [2.05, 4.69) is 15.2 Å². The highest BCUT2D eigenvalue weighted by atomic mass is 16.6. The molecule has 23 heavy (non-hydrogen) atoms. The second-order valence-electron chi connectivity index (χ2n) is 4.96. The van der Waals surface area contributed by atoms with Gasteiger partial charge in [-0.05, 0) is 18.2 Å². The summed E-state index contributed by atoms with van der Waals surface area (Å²) in [6, 6.07) is 15.9. The number of H-pyrrole nitrogens is 1. The van der Waals surface area contributed by atoms with Gasteiger partial charge in [0.1, 0.15) is 11.3 Å². The number of nitrogens with one attached hydrogen (secondary N) is 1. The molecule has 2 aromatic carbocycles. The number of fused-ring (bicyclic) bond motifs is 1. The van der Waals surface area contributed by atoms with Crippen LogP contribution in [0.15, 0.2) is 59.0 Å². The van der Waals surface area contributed by atoms with Crippen molar-refractivity contribution in [3.63, 3.8) is 0 Å². The van der Waals surface area contributed by atoms with Crippen LogP contribution >= 0.6 is 0 Å². The molecule has 0 saturated carbocycles. The van der Waals surface area contributed by atoms with Crippen LogP contribution in [0.1, 0.15) is 0 Å². The SMILES string of the molecule is O=[N+]([O-])c1ccccc1-c1nnc(-c2cc3ccccc3[nH]2)o1. The number of aromatic nitrogens is 3. The first-order chi connectivity index (χ1) is 11.2. The largest absolute Gasteiger partial charge is 0.414 e. The van der Waals surface area contributed by atoms with Crippen molar-refractivity contribution >= 4 is 16.6 Å². The van der Waals surface area contributed by atoms with Gasteiger partial charge in [0.2, 0.25) is 0 Å². The van der Waals surface area contributed by atoms with Crippen molar-refractivity contribution in [2.75, 3.05) is 0 Å². The standard InChI is InChI=1S/C16H10N4O3/c21-20(22)14-8-4-2-6-11(14)15-18-19-16(23-15)13-9-10-5-1-3-7-12(10)17-13/h1-9,17H. The highest BCUT2D eigenvalue weighted by molar-refractivity contribution is 5.84. The smallest absolute Gasteiger partial charge is 0.282 e. The van der Waals surface area contributed by atoms with Crippen LogP contribution in [0.3, 0.4) is 0 Å². The van der Waals surface area contributed by atoms with Gasteiger partial charge in [-0.25, -0.2) is 0 Å².